The standard InChI is InChI=1S/C28H34FN3O2/c1-34-23-15-12-20(13-16-23)27-31-24-17-14-21(29)18-25(24)32(27)26(19-8-4-2-5-9-19)28(33)30-22-10-6-3-7-11-22/h12-19,22,26H,2-11H2,1H3,(H,30,33). The molecule has 34 heavy (non-hydrogen) atoms. The molecule has 0 bridgehead atoms. The maximum Gasteiger partial charge on any atom is 0.243 e. The van der Waals surface area contributed by atoms with Crippen molar-refractivity contribution in [3.63, 3.8) is 0 Å². The van der Waals surface area contributed by atoms with E-state index >= 15 is 0 Å². The molecule has 1 atom stereocenters. The molecule has 2 aromatic carbocycles. The molecule has 1 N–H and O–H groups in total. The number of fused-ring (bicyclic) bond motifs is 1. The van der Waals surface area contributed by atoms with Gasteiger partial charge in [-0.25, -0.2) is 9.37 Å². The Labute approximate surface area is 200 Å². The number of hydrogen-bond donors (Lipinski definition) is 1. The first-order valence-corrected chi connectivity index (χ1v) is 12.8. The van der Waals surface area contributed by atoms with Crippen LogP contribution in [0.5, 0.6) is 5.75 Å². The first-order valence-electron chi connectivity index (χ1n) is 12.8. The van der Waals surface area contributed by atoms with E-state index < -0.39 is 6.04 Å². The molecule has 1 aromatic heterocycles. The number of aromatic nitrogens is 2. The van der Waals surface area contributed by atoms with E-state index in [9.17, 15) is 9.18 Å². The molecule has 0 saturated heterocycles. The molecule has 0 aliphatic heterocycles. The summed E-state index contributed by atoms with van der Waals surface area (Å²) in [6.45, 7) is 0. The third-order valence-corrected chi connectivity index (χ3v) is 7.59. The van der Waals surface area contributed by atoms with Gasteiger partial charge in [0, 0.05) is 11.6 Å². The van der Waals surface area contributed by atoms with Gasteiger partial charge in [-0.2, -0.15) is 0 Å². The fourth-order valence-electron chi connectivity index (χ4n) is 5.82. The molecule has 3 aromatic rings. The average molecular weight is 464 g/mol. The second-order valence-corrected chi connectivity index (χ2v) is 9.85. The van der Waals surface area contributed by atoms with Gasteiger partial charge in [0.25, 0.3) is 0 Å². The van der Waals surface area contributed by atoms with Gasteiger partial charge in [0.1, 0.15) is 23.4 Å². The highest BCUT2D eigenvalue weighted by molar-refractivity contribution is 5.87. The van der Waals surface area contributed by atoms with Crippen LogP contribution in [0.25, 0.3) is 22.4 Å². The number of rotatable bonds is 6. The van der Waals surface area contributed by atoms with Crippen LogP contribution in [0.4, 0.5) is 4.39 Å². The Hall–Kier alpha value is -2.89. The molecule has 1 heterocycles. The topological polar surface area (TPSA) is 56.2 Å². The van der Waals surface area contributed by atoms with Crippen molar-refractivity contribution < 1.29 is 13.9 Å². The smallest absolute Gasteiger partial charge is 0.243 e. The van der Waals surface area contributed by atoms with Crippen LogP contribution in [-0.2, 0) is 4.79 Å². The number of nitrogens with one attached hydrogen (secondary N) is 1. The molecule has 5 nitrogen and oxygen atoms in total. The number of ether oxygens (including phenoxy) is 1. The third-order valence-electron chi connectivity index (χ3n) is 7.59. The van der Waals surface area contributed by atoms with E-state index in [1.165, 1.54) is 25.0 Å². The number of hydrogen-bond acceptors (Lipinski definition) is 3. The SMILES string of the molecule is COc1ccc(-c2nc3ccc(F)cc3n2C(C(=O)NC2CCCCC2)C2CCCCC2)cc1. The molecule has 2 saturated carbocycles. The van der Waals surface area contributed by atoms with Crippen molar-refractivity contribution in [2.75, 3.05) is 7.11 Å². The Morgan fingerprint density at radius 1 is 1.00 bits per heavy atom. The number of imidazole rings is 1. The lowest BCUT2D eigenvalue weighted by atomic mass is 9.82. The van der Waals surface area contributed by atoms with E-state index in [1.807, 2.05) is 28.8 Å². The molecule has 2 fully saturated rings. The number of carbonyl (C=O) groups excluding carboxylic acids is 1. The molecule has 6 heteroatoms. The zero-order chi connectivity index (χ0) is 23.5. The molecule has 180 valence electrons. The van der Waals surface area contributed by atoms with Crippen molar-refractivity contribution in [1.29, 1.82) is 0 Å². The summed E-state index contributed by atoms with van der Waals surface area (Å²) in [7, 11) is 1.64. The molecule has 5 rings (SSSR count). The first-order chi connectivity index (χ1) is 16.6. The molecule has 1 unspecified atom stereocenters. The molecular weight excluding hydrogens is 429 g/mol. The Kier molecular flexibility index (Phi) is 6.84. The van der Waals surface area contributed by atoms with Gasteiger partial charge in [-0.15, -0.1) is 0 Å². The highest BCUT2D eigenvalue weighted by Crippen LogP contribution is 2.39. The maximum absolute atomic E-state index is 14.4. The fourth-order valence-corrected chi connectivity index (χ4v) is 5.82. The number of halogens is 1. The lowest BCUT2D eigenvalue weighted by Gasteiger charge is -2.33. The zero-order valence-electron chi connectivity index (χ0n) is 19.9. The van der Waals surface area contributed by atoms with Crippen molar-refractivity contribution >= 4 is 16.9 Å². The normalized spacial score (nSPS) is 18.6. The minimum atomic E-state index is -0.411. The summed E-state index contributed by atoms with van der Waals surface area (Å²) in [5, 5.41) is 3.38. The number of nitrogens with zero attached hydrogens (tertiary/aromatic N) is 2. The molecule has 2 aliphatic rings. The van der Waals surface area contributed by atoms with Crippen molar-refractivity contribution in [3.05, 3.63) is 48.3 Å². The predicted octanol–water partition coefficient (Wildman–Crippen LogP) is 6.42. The molecule has 1 amide bonds. The van der Waals surface area contributed by atoms with Gasteiger partial charge in [0.2, 0.25) is 5.91 Å². The Morgan fingerprint density at radius 2 is 1.68 bits per heavy atom. The lowest BCUT2D eigenvalue weighted by molar-refractivity contribution is -0.127. The van der Waals surface area contributed by atoms with Crippen molar-refractivity contribution in [2.45, 2.75) is 76.3 Å². The quantitative estimate of drug-likeness (QED) is 0.459. The lowest BCUT2D eigenvalue weighted by Crippen LogP contribution is -2.43. The van der Waals surface area contributed by atoms with Gasteiger partial charge in [0.15, 0.2) is 0 Å². The zero-order valence-corrected chi connectivity index (χ0v) is 19.9. The summed E-state index contributed by atoms with van der Waals surface area (Å²) >= 11 is 0. The third kappa shape index (κ3) is 4.68. The van der Waals surface area contributed by atoms with Crippen LogP contribution in [0.3, 0.4) is 0 Å². The number of carbonyl (C=O) groups is 1. The minimum absolute atomic E-state index is 0.0529. The van der Waals surface area contributed by atoms with Gasteiger partial charge in [-0.05, 0) is 74.1 Å². The largest absolute Gasteiger partial charge is 0.497 e. The molecule has 2 aliphatic carbocycles. The van der Waals surface area contributed by atoms with Crippen molar-refractivity contribution in [2.24, 2.45) is 5.92 Å². The molecular formula is C28H34FN3O2. The van der Waals surface area contributed by atoms with Crippen molar-refractivity contribution in [1.82, 2.24) is 14.9 Å². The summed E-state index contributed by atoms with van der Waals surface area (Å²) < 4.78 is 21.8. The summed E-state index contributed by atoms with van der Waals surface area (Å²) in [5.41, 5.74) is 2.28. The Morgan fingerprint density at radius 3 is 2.35 bits per heavy atom. The predicted molar refractivity (Wildman–Crippen MR) is 132 cm³/mol. The van der Waals surface area contributed by atoms with Gasteiger partial charge in [-0.1, -0.05) is 38.5 Å². The van der Waals surface area contributed by atoms with E-state index in [0.29, 0.717) is 16.9 Å². The second kappa shape index (κ2) is 10.2. The summed E-state index contributed by atoms with van der Waals surface area (Å²) in [5.74, 6) is 1.41. The van der Waals surface area contributed by atoms with Crippen LogP contribution in [0.15, 0.2) is 42.5 Å². The van der Waals surface area contributed by atoms with E-state index in [1.54, 1.807) is 13.2 Å². The summed E-state index contributed by atoms with van der Waals surface area (Å²) in [4.78, 5) is 18.8. The summed E-state index contributed by atoms with van der Waals surface area (Å²) in [6.07, 6.45) is 11.1. The van der Waals surface area contributed by atoms with Gasteiger partial charge >= 0.3 is 0 Å². The summed E-state index contributed by atoms with van der Waals surface area (Å²) in [6, 6.07) is 12.2. The fraction of sp³-hybridized carbons (Fsp3) is 0.500. The monoisotopic (exact) mass is 463 g/mol. The number of benzene rings is 2. The van der Waals surface area contributed by atoms with Crippen LogP contribution >= 0.6 is 0 Å². The highest BCUT2D eigenvalue weighted by atomic mass is 19.1. The van der Waals surface area contributed by atoms with Crippen LogP contribution in [0.2, 0.25) is 0 Å². The van der Waals surface area contributed by atoms with E-state index in [4.69, 9.17) is 9.72 Å². The van der Waals surface area contributed by atoms with Crippen molar-refractivity contribution in [3.8, 4) is 17.1 Å². The average Bonchev–Trinajstić information content (AvgIpc) is 3.24. The Balaban J connectivity index is 1.62. The van der Waals surface area contributed by atoms with Crippen LogP contribution in [-0.4, -0.2) is 28.6 Å². The molecule has 0 spiro atoms. The van der Waals surface area contributed by atoms with Crippen LogP contribution < -0.4 is 10.1 Å². The van der Waals surface area contributed by atoms with E-state index in [0.717, 1.165) is 62.7 Å². The number of methoxy groups -OCH3 is 1. The number of amides is 1. The minimum Gasteiger partial charge on any atom is -0.497 e. The van der Waals surface area contributed by atoms with Crippen LogP contribution in [0, 0.1) is 11.7 Å². The van der Waals surface area contributed by atoms with Crippen LogP contribution in [0.1, 0.15) is 70.3 Å². The van der Waals surface area contributed by atoms with E-state index in [2.05, 4.69) is 5.32 Å². The Bertz CT molecular complexity index is 1130. The van der Waals surface area contributed by atoms with Gasteiger partial charge < -0.3 is 14.6 Å². The van der Waals surface area contributed by atoms with Gasteiger partial charge in [-0.3, -0.25) is 4.79 Å². The highest BCUT2D eigenvalue weighted by Gasteiger charge is 2.35. The van der Waals surface area contributed by atoms with Gasteiger partial charge in [0.05, 0.1) is 18.1 Å². The molecule has 0 radical (unpaired) electrons. The first kappa shape index (κ1) is 22.9. The van der Waals surface area contributed by atoms with E-state index in [-0.39, 0.29) is 23.7 Å². The second-order valence-electron chi connectivity index (χ2n) is 9.85. The maximum atomic E-state index is 14.4.